The quantitative estimate of drug-likeness (QED) is 0.204. The zero-order valence-electron chi connectivity index (χ0n) is 28.3. The third-order valence-corrected chi connectivity index (χ3v) is 10.0. The van der Waals surface area contributed by atoms with Crippen molar-refractivity contribution in [1.82, 2.24) is 0 Å². The van der Waals surface area contributed by atoms with E-state index in [1.807, 2.05) is 0 Å². The van der Waals surface area contributed by atoms with Crippen LogP contribution in [0.4, 0.5) is 0 Å². The van der Waals surface area contributed by atoms with E-state index in [2.05, 4.69) is 0 Å². The maximum Gasteiger partial charge on any atom is 0.339 e. The molecule has 0 spiro atoms. The molecule has 0 atom stereocenters. The lowest BCUT2D eigenvalue weighted by Gasteiger charge is -2.23. The first-order valence-electron chi connectivity index (χ1n) is 18.5. The topological polar surface area (TPSA) is 105 Å². The van der Waals surface area contributed by atoms with E-state index < -0.39 is 23.9 Å². The van der Waals surface area contributed by atoms with Crippen molar-refractivity contribution in [2.75, 3.05) is 0 Å². The van der Waals surface area contributed by atoms with Crippen molar-refractivity contribution in [2.24, 2.45) is 0 Å². The second-order valence-corrected chi connectivity index (χ2v) is 13.8. The van der Waals surface area contributed by atoms with Gasteiger partial charge in [0.2, 0.25) is 0 Å². The number of hydrogen-bond acceptors (Lipinski definition) is 8. The van der Waals surface area contributed by atoms with Crippen LogP contribution in [-0.2, 0) is 18.9 Å². The van der Waals surface area contributed by atoms with Gasteiger partial charge in [0, 0.05) is 0 Å². The van der Waals surface area contributed by atoms with Crippen molar-refractivity contribution in [2.45, 2.75) is 153 Å². The number of hydrogen-bond donors (Lipinski definition) is 0. The van der Waals surface area contributed by atoms with Crippen molar-refractivity contribution >= 4 is 23.9 Å². The second-order valence-electron chi connectivity index (χ2n) is 13.8. The Balaban J connectivity index is 0.000000188. The zero-order chi connectivity index (χ0) is 33.6. The number of esters is 4. The molecule has 0 aliphatic heterocycles. The van der Waals surface area contributed by atoms with Gasteiger partial charge >= 0.3 is 23.9 Å². The molecule has 6 rings (SSSR count). The van der Waals surface area contributed by atoms with Gasteiger partial charge in [-0.25, -0.2) is 19.2 Å². The van der Waals surface area contributed by atoms with Gasteiger partial charge in [-0.2, -0.15) is 0 Å². The third kappa shape index (κ3) is 10.7. The molecule has 4 fully saturated rings. The largest absolute Gasteiger partial charge is 0.459 e. The minimum absolute atomic E-state index is 0.0197. The average Bonchev–Trinajstić information content (AvgIpc) is 3.13. The Morgan fingerprint density at radius 1 is 0.333 bits per heavy atom. The van der Waals surface area contributed by atoms with E-state index in [0.29, 0.717) is 22.3 Å². The summed E-state index contributed by atoms with van der Waals surface area (Å²) in [4.78, 5) is 50.0. The van der Waals surface area contributed by atoms with Gasteiger partial charge in [0.05, 0.1) is 22.3 Å². The van der Waals surface area contributed by atoms with Gasteiger partial charge in [-0.05, 0) is 127 Å². The van der Waals surface area contributed by atoms with Gasteiger partial charge < -0.3 is 18.9 Å². The second kappa shape index (κ2) is 18.8. The smallest absolute Gasteiger partial charge is 0.339 e. The minimum Gasteiger partial charge on any atom is -0.459 e. The molecule has 8 nitrogen and oxygen atoms in total. The lowest BCUT2D eigenvalue weighted by Crippen LogP contribution is -2.24. The Hall–Kier alpha value is -3.68. The average molecular weight is 661 g/mol. The predicted octanol–water partition coefficient (Wildman–Crippen LogP) is 9.33. The van der Waals surface area contributed by atoms with Crippen LogP contribution < -0.4 is 0 Å². The summed E-state index contributed by atoms with van der Waals surface area (Å²) in [6.07, 6.45) is 20.9. The molecular formula is C40H52O8. The van der Waals surface area contributed by atoms with Crippen molar-refractivity contribution in [3.05, 3.63) is 70.8 Å². The molecule has 0 heterocycles. The molecule has 0 amide bonds. The lowest BCUT2D eigenvalue weighted by molar-refractivity contribution is 0.0164. The Morgan fingerprint density at radius 2 is 0.521 bits per heavy atom. The summed E-state index contributed by atoms with van der Waals surface area (Å²) in [5.41, 5.74) is 1.29. The van der Waals surface area contributed by atoms with Crippen LogP contribution in [0.5, 0.6) is 0 Å². The normalized spacial score (nSPS) is 19.7. The molecule has 2 aromatic carbocycles. The molecule has 0 bridgehead atoms. The van der Waals surface area contributed by atoms with E-state index in [1.54, 1.807) is 48.5 Å². The molecule has 4 aliphatic rings. The fourth-order valence-corrected chi connectivity index (χ4v) is 7.27. The summed E-state index contributed by atoms with van der Waals surface area (Å²) in [6, 6.07) is 13.7. The monoisotopic (exact) mass is 660 g/mol. The van der Waals surface area contributed by atoms with Gasteiger partial charge in [0.15, 0.2) is 0 Å². The highest BCUT2D eigenvalue weighted by molar-refractivity contribution is 6.04. The van der Waals surface area contributed by atoms with Gasteiger partial charge in [-0.3, -0.25) is 0 Å². The van der Waals surface area contributed by atoms with Crippen LogP contribution in [0.1, 0.15) is 170 Å². The lowest BCUT2D eigenvalue weighted by atomic mass is 9.97. The zero-order valence-corrected chi connectivity index (χ0v) is 28.3. The summed E-state index contributed by atoms with van der Waals surface area (Å²) in [5.74, 6) is -1.62. The van der Waals surface area contributed by atoms with Gasteiger partial charge in [0.25, 0.3) is 0 Å². The van der Waals surface area contributed by atoms with Crippen LogP contribution in [0.15, 0.2) is 48.5 Å². The third-order valence-electron chi connectivity index (χ3n) is 10.0. The molecule has 48 heavy (non-hydrogen) atoms. The number of carbonyl (C=O) groups excluding carboxylic acids is 4. The van der Waals surface area contributed by atoms with Crippen LogP contribution >= 0.6 is 0 Å². The van der Waals surface area contributed by atoms with E-state index >= 15 is 0 Å². The number of carbonyl (C=O) groups is 4. The van der Waals surface area contributed by atoms with Gasteiger partial charge in [-0.1, -0.05) is 49.9 Å². The maximum absolute atomic E-state index is 12.5. The molecule has 8 heteroatoms. The van der Waals surface area contributed by atoms with Crippen molar-refractivity contribution < 1.29 is 38.1 Å². The van der Waals surface area contributed by atoms with Gasteiger partial charge in [-0.15, -0.1) is 0 Å². The van der Waals surface area contributed by atoms with Gasteiger partial charge in [0.1, 0.15) is 24.4 Å². The fraction of sp³-hybridized carbons (Fsp3) is 0.600. The van der Waals surface area contributed by atoms with E-state index in [4.69, 9.17) is 18.9 Å². The van der Waals surface area contributed by atoms with E-state index in [0.717, 1.165) is 103 Å². The van der Waals surface area contributed by atoms with Crippen molar-refractivity contribution in [3.63, 3.8) is 0 Å². The van der Waals surface area contributed by atoms with Crippen LogP contribution in [0.3, 0.4) is 0 Å². The van der Waals surface area contributed by atoms with E-state index in [-0.39, 0.29) is 24.4 Å². The summed E-state index contributed by atoms with van der Waals surface area (Å²) in [6.45, 7) is 0. The summed E-state index contributed by atoms with van der Waals surface area (Å²) in [5, 5.41) is 0. The molecule has 260 valence electrons. The highest BCUT2D eigenvalue weighted by atomic mass is 16.6. The molecule has 4 aliphatic carbocycles. The summed E-state index contributed by atoms with van der Waals surface area (Å²) >= 11 is 0. The first kappa shape index (κ1) is 35.6. The highest BCUT2D eigenvalue weighted by Crippen LogP contribution is 2.26. The number of benzene rings is 2. The molecular weight excluding hydrogens is 608 g/mol. The van der Waals surface area contributed by atoms with Crippen LogP contribution in [-0.4, -0.2) is 48.3 Å². The first-order valence-corrected chi connectivity index (χ1v) is 18.5. The SMILES string of the molecule is O=C(OC1CCCCC1)c1ccccc1C(=O)OC1CCCCC1.O=C(OC1CCCCC1)c1ccccc1C(=O)OC1CCCCC1. The molecule has 0 saturated heterocycles. The summed E-state index contributed by atoms with van der Waals surface area (Å²) in [7, 11) is 0. The first-order chi connectivity index (χ1) is 23.5. The molecule has 0 radical (unpaired) electrons. The van der Waals surface area contributed by atoms with Crippen molar-refractivity contribution in [3.8, 4) is 0 Å². The Labute approximate surface area is 285 Å². The highest BCUT2D eigenvalue weighted by Gasteiger charge is 2.27. The van der Waals surface area contributed by atoms with Crippen molar-refractivity contribution in [1.29, 1.82) is 0 Å². The van der Waals surface area contributed by atoms with Crippen LogP contribution in [0, 0.1) is 0 Å². The Bertz CT molecular complexity index is 1140. The predicted molar refractivity (Wildman–Crippen MR) is 182 cm³/mol. The maximum atomic E-state index is 12.5. The minimum atomic E-state index is -0.405. The number of rotatable bonds is 8. The number of ether oxygens (including phenoxy) is 4. The Morgan fingerprint density at radius 3 is 0.708 bits per heavy atom. The standard InChI is InChI=1S/2C20H26O4/c2*21-19(23-15-9-3-1-4-10-15)17-13-7-8-14-18(17)20(22)24-16-11-5-2-6-12-16/h2*7-8,13-16H,1-6,9-12H2. The van der Waals surface area contributed by atoms with E-state index in [9.17, 15) is 19.2 Å². The molecule has 0 unspecified atom stereocenters. The summed E-state index contributed by atoms with van der Waals surface area (Å²) < 4.78 is 22.4. The molecule has 0 N–H and O–H groups in total. The van der Waals surface area contributed by atoms with Crippen LogP contribution in [0.2, 0.25) is 0 Å². The van der Waals surface area contributed by atoms with E-state index in [1.165, 1.54) is 25.7 Å². The van der Waals surface area contributed by atoms with Crippen LogP contribution in [0.25, 0.3) is 0 Å². The molecule has 4 saturated carbocycles. The Kier molecular flexibility index (Phi) is 13.9. The molecule has 0 aromatic heterocycles. The fourth-order valence-electron chi connectivity index (χ4n) is 7.27. The molecule has 2 aromatic rings.